The summed E-state index contributed by atoms with van der Waals surface area (Å²) >= 11 is 1.72. The molecule has 0 radical (unpaired) electrons. The minimum absolute atomic E-state index is 0.238. The summed E-state index contributed by atoms with van der Waals surface area (Å²) in [4.78, 5) is 4.38. The molecule has 1 heterocycles. The van der Waals surface area contributed by atoms with Gasteiger partial charge in [-0.25, -0.2) is 4.98 Å². The van der Waals surface area contributed by atoms with Gasteiger partial charge in [-0.3, -0.25) is 0 Å². The second kappa shape index (κ2) is 8.51. The molecule has 18 heavy (non-hydrogen) atoms. The molecule has 1 rings (SSSR count). The Bertz CT molecular complexity index is 346. The lowest BCUT2D eigenvalue weighted by Crippen LogP contribution is -2.19. The van der Waals surface area contributed by atoms with E-state index < -0.39 is 0 Å². The maximum Gasteiger partial charge on any atom is 0.0965 e. The van der Waals surface area contributed by atoms with Crippen molar-refractivity contribution < 1.29 is 5.11 Å². The van der Waals surface area contributed by atoms with Gasteiger partial charge in [0.1, 0.15) is 0 Å². The van der Waals surface area contributed by atoms with Crippen LogP contribution in [0.25, 0.3) is 0 Å². The Balaban J connectivity index is 2.61. The van der Waals surface area contributed by atoms with Crippen molar-refractivity contribution in [3.63, 3.8) is 0 Å². The Morgan fingerprint density at radius 2 is 2.22 bits per heavy atom. The lowest BCUT2D eigenvalue weighted by atomic mass is 10.1. The van der Waals surface area contributed by atoms with Crippen molar-refractivity contribution in [1.29, 1.82) is 0 Å². The lowest BCUT2D eigenvalue weighted by molar-refractivity contribution is 0.289. The molecule has 102 valence electrons. The second-order valence-corrected chi connectivity index (χ2v) is 6.00. The van der Waals surface area contributed by atoms with E-state index in [9.17, 15) is 0 Å². The van der Waals surface area contributed by atoms with Crippen LogP contribution in [0.15, 0.2) is 23.4 Å². The molecule has 0 aliphatic carbocycles. The molecule has 0 spiro atoms. The Morgan fingerprint density at radius 1 is 1.44 bits per heavy atom. The zero-order valence-electron chi connectivity index (χ0n) is 11.5. The summed E-state index contributed by atoms with van der Waals surface area (Å²) in [7, 11) is 0. The minimum atomic E-state index is 0.238. The zero-order chi connectivity index (χ0) is 13.4. The van der Waals surface area contributed by atoms with Crippen LogP contribution in [-0.2, 0) is 0 Å². The summed E-state index contributed by atoms with van der Waals surface area (Å²) in [6, 6.07) is 4.57. The topological polar surface area (TPSA) is 45.2 Å². The van der Waals surface area contributed by atoms with Gasteiger partial charge in [0.25, 0.3) is 0 Å². The molecule has 3 nitrogen and oxygen atoms in total. The predicted octanol–water partition coefficient (Wildman–Crippen LogP) is 3.01. The minimum Gasteiger partial charge on any atom is -0.396 e. The van der Waals surface area contributed by atoms with E-state index in [-0.39, 0.29) is 6.61 Å². The van der Waals surface area contributed by atoms with Crippen LogP contribution in [-0.4, -0.2) is 28.5 Å². The normalized spacial score (nSPS) is 14.4. The highest BCUT2D eigenvalue weighted by atomic mass is 32.2. The molecule has 0 aliphatic heterocycles. The second-order valence-electron chi connectivity index (χ2n) is 4.54. The smallest absolute Gasteiger partial charge is 0.0965 e. The number of pyridine rings is 1. The average Bonchev–Trinajstić information content (AvgIpc) is 2.36. The molecule has 0 saturated heterocycles. The fourth-order valence-electron chi connectivity index (χ4n) is 1.68. The molecule has 2 unspecified atom stereocenters. The zero-order valence-corrected chi connectivity index (χ0v) is 12.3. The predicted molar refractivity (Wildman–Crippen MR) is 78.0 cm³/mol. The first-order valence-corrected chi connectivity index (χ1v) is 7.52. The summed E-state index contributed by atoms with van der Waals surface area (Å²) in [5, 5.41) is 13.8. The molecule has 0 saturated carbocycles. The van der Waals surface area contributed by atoms with Crippen molar-refractivity contribution in [2.45, 2.75) is 49.9 Å². The number of nitrogens with zero attached hydrogens (tertiary/aromatic N) is 1. The Kier molecular flexibility index (Phi) is 7.32. The highest BCUT2D eigenvalue weighted by Gasteiger charge is 2.08. The van der Waals surface area contributed by atoms with Crippen LogP contribution in [0, 0.1) is 0 Å². The van der Waals surface area contributed by atoms with Gasteiger partial charge < -0.3 is 10.4 Å². The number of aromatic nitrogens is 1. The molecule has 0 aromatic carbocycles. The van der Waals surface area contributed by atoms with E-state index in [2.05, 4.69) is 43.2 Å². The molecule has 2 N–H and O–H groups in total. The van der Waals surface area contributed by atoms with Crippen LogP contribution in [0.2, 0.25) is 0 Å². The van der Waals surface area contributed by atoms with Gasteiger partial charge in [-0.05, 0) is 44.0 Å². The van der Waals surface area contributed by atoms with Gasteiger partial charge in [0, 0.05) is 24.1 Å². The summed E-state index contributed by atoms with van der Waals surface area (Å²) in [6.45, 7) is 7.74. The quantitative estimate of drug-likeness (QED) is 0.711. The van der Waals surface area contributed by atoms with Gasteiger partial charge in [-0.1, -0.05) is 13.8 Å². The molecular weight excluding hydrogens is 244 g/mol. The van der Waals surface area contributed by atoms with E-state index in [4.69, 9.17) is 5.11 Å². The SMILES string of the molecule is CCCNC(C)c1ccnc(SC(C)CCO)c1. The van der Waals surface area contributed by atoms with Crippen LogP contribution >= 0.6 is 11.8 Å². The van der Waals surface area contributed by atoms with E-state index in [1.807, 2.05) is 6.20 Å². The molecule has 4 heteroatoms. The highest BCUT2D eigenvalue weighted by Crippen LogP contribution is 2.25. The van der Waals surface area contributed by atoms with Crippen molar-refractivity contribution in [3.05, 3.63) is 23.9 Å². The first-order chi connectivity index (χ1) is 8.67. The lowest BCUT2D eigenvalue weighted by Gasteiger charge is -2.15. The van der Waals surface area contributed by atoms with Crippen LogP contribution in [0.5, 0.6) is 0 Å². The van der Waals surface area contributed by atoms with Gasteiger partial charge in [0.15, 0.2) is 0 Å². The molecule has 2 atom stereocenters. The Labute approximate surface area is 114 Å². The van der Waals surface area contributed by atoms with Crippen molar-refractivity contribution >= 4 is 11.8 Å². The monoisotopic (exact) mass is 268 g/mol. The van der Waals surface area contributed by atoms with E-state index in [1.165, 1.54) is 5.56 Å². The van der Waals surface area contributed by atoms with Crippen molar-refractivity contribution in [3.8, 4) is 0 Å². The van der Waals surface area contributed by atoms with E-state index in [1.54, 1.807) is 11.8 Å². The van der Waals surface area contributed by atoms with E-state index in [0.29, 0.717) is 11.3 Å². The van der Waals surface area contributed by atoms with Crippen LogP contribution in [0.3, 0.4) is 0 Å². The average molecular weight is 268 g/mol. The molecule has 1 aromatic rings. The summed E-state index contributed by atoms with van der Waals surface area (Å²) < 4.78 is 0. The fraction of sp³-hybridized carbons (Fsp3) is 0.643. The maximum absolute atomic E-state index is 8.91. The maximum atomic E-state index is 8.91. The molecule has 0 fully saturated rings. The van der Waals surface area contributed by atoms with Gasteiger partial charge in [-0.2, -0.15) is 0 Å². The third-order valence-corrected chi connectivity index (χ3v) is 3.92. The van der Waals surface area contributed by atoms with Crippen LogP contribution in [0.4, 0.5) is 0 Å². The number of rotatable bonds is 8. The van der Waals surface area contributed by atoms with Crippen molar-refractivity contribution in [2.75, 3.05) is 13.2 Å². The first kappa shape index (κ1) is 15.5. The summed E-state index contributed by atoms with van der Waals surface area (Å²) in [5.74, 6) is 0. The third-order valence-electron chi connectivity index (χ3n) is 2.82. The fourth-order valence-corrected chi connectivity index (χ4v) is 2.65. The number of aliphatic hydroxyl groups excluding tert-OH is 1. The van der Waals surface area contributed by atoms with Gasteiger partial charge in [0.2, 0.25) is 0 Å². The van der Waals surface area contributed by atoms with Gasteiger partial charge in [0.05, 0.1) is 5.03 Å². The van der Waals surface area contributed by atoms with Gasteiger partial charge in [-0.15, -0.1) is 11.8 Å². The number of aliphatic hydroxyl groups is 1. The Morgan fingerprint density at radius 3 is 2.89 bits per heavy atom. The van der Waals surface area contributed by atoms with Crippen LogP contribution in [0.1, 0.15) is 45.2 Å². The van der Waals surface area contributed by atoms with E-state index in [0.717, 1.165) is 24.4 Å². The van der Waals surface area contributed by atoms with Gasteiger partial charge >= 0.3 is 0 Å². The molecule has 0 bridgehead atoms. The number of thioether (sulfide) groups is 1. The molecular formula is C14H24N2OS. The molecule has 0 amide bonds. The first-order valence-electron chi connectivity index (χ1n) is 6.64. The molecule has 1 aromatic heterocycles. The van der Waals surface area contributed by atoms with Crippen LogP contribution < -0.4 is 5.32 Å². The highest BCUT2D eigenvalue weighted by molar-refractivity contribution is 7.99. The van der Waals surface area contributed by atoms with Crippen molar-refractivity contribution in [2.24, 2.45) is 0 Å². The number of hydrogen-bond acceptors (Lipinski definition) is 4. The number of hydrogen-bond donors (Lipinski definition) is 2. The van der Waals surface area contributed by atoms with E-state index >= 15 is 0 Å². The Hall–Kier alpha value is -0.580. The number of nitrogens with one attached hydrogen (secondary N) is 1. The third kappa shape index (κ3) is 5.38. The summed E-state index contributed by atoms with van der Waals surface area (Å²) in [5.41, 5.74) is 1.28. The largest absolute Gasteiger partial charge is 0.396 e. The standard InChI is InChI=1S/C14H24N2OS/c1-4-7-15-12(3)13-5-8-16-14(10-13)18-11(2)6-9-17/h5,8,10-12,15,17H,4,6-7,9H2,1-3H3. The van der Waals surface area contributed by atoms with Crippen molar-refractivity contribution in [1.82, 2.24) is 10.3 Å². The summed E-state index contributed by atoms with van der Waals surface area (Å²) in [6.07, 6.45) is 3.82. The molecule has 0 aliphatic rings.